The third kappa shape index (κ3) is 7.96. The normalized spacial score (nSPS) is 10.5. The Hall–Kier alpha value is -4.58. The van der Waals surface area contributed by atoms with Gasteiger partial charge < -0.3 is 18.9 Å². The predicted molar refractivity (Wildman–Crippen MR) is 145 cm³/mol. The molecular weight excluding hydrogens is 480 g/mol. The number of rotatable bonds is 11. The summed E-state index contributed by atoms with van der Waals surface area (Å²) >= 11 is 0. The van der Waals surface area contributed by atoms with Gasteiger partial charge in [0.25, 0.3) is 0 Å². The highest BCUT2D eigenvalue weighted by atomic mass is 16.5. The quantitative estimate of drug-likeness (QED) is 0.123. The molecule has 0 aliphatic heterocycles. The van der Waals surface area contributed by atoms with Crippen molar-refractivity contribution in [2.45, 2.75) is 26.7 Å². The van der Waals surface area contributed by atoms with Gasteiger partial charge in [0.15, 0.2) is 0 Å². The lowest BCUT2D eigenvalue weighted by atomic mass is 10.2. The van der Waals surface area contributed by atoms with Gasteiger partial charge in [0.05, 0.1) is 24.3 Å². The molecule has 0 atom stereocenters. The highest BCUT2D eigenvalue weighted by Gasteiger charge is 2.10. The Balaban J connectivity index is 1.12. The van der Waals surface area contributed by atoms with Crippen molar-refractivity contribution in [1.82, 2.24) is 0 Å². The van der Waals surface area contributed by atoms with Crippen LogP contribution in [0.2, 0.25) is 0 Å². The molecular formula is C32H30O6. The van der Waals surface area contributed by atoms with Crippen LogP contribution in [-0.4, -0.2) is 25.2 Å². The van der Waals surface area contributed by atoms with Crippen LogP contribution in [0.3, 0.4) is 0 Å². The van der Waals surface area contributed by atoms with Gasteiger partial charge in [-0.15, -0.1) is 0 Å². The minimum absolute atomic E-state index is 0.409. The maximum atomic E-state index is 12.3. The lowest BCUT2D eigenvalue weighted by Crippen LogP contribution is -2.08. The van der Waals surface area contributed by atoms with Gasteiger partial charge in [-0.25, -0.2) is 9.59 Å². The Morgan fingerprint density at radius 1 is 0.474 bits per heavy atom. The molecule has 0 heterocycles. The van der Waals surface area contributed by atoms with Crippen molar-refractivity contribution >= 4 is 11.9 Å². The van der Waals surface area contributed by atoms with Crippen molar-refractivity contribution in [2.24, 2.45) is 0 Å². The molecule has 4 aromatic rings. The van der Waals surface area contributed by atoms with Crippen molar-refractivity contribution in [1.29, 1.82) is 0 Å². The van der Waals surface area contributed by atoms with E-state index in [1.165, 1.54) is 0 Å². The summed E-state index contributed by atoms with van der Waals surface area (Å²) in [6.45, 7) is 5.01. The summed E-state index contributed by atoms with van der Waals surface area (Å²) in [7, 11) is 0. The summed E-state index contributed by atoms with van der Waals surface area (Å²) in [4.78, 5) is 24.6. The highest BCUT2D eigenvalue weighted by molar-refractivity contribution is 5.91. The van der Waals surface area contributed by atoms with Crippen molar-refractivity contribution in [3.63, 3.8) is 0 Å². The highest BCUT2D eigenvalue weighted by Crippen LogP contribution is 2.18. The molecule has 0 bridgehead atoms. The van der Waals surface area contributed by atoms with Crippen molar-refractivity contribution in [3.05, 3.63) is 119 Å². The van der Waals surface area contributed by atoms with Crippen LogP contribution < -0.4 is 18.9 Å². The standard InChI is InChI=1S/C32H30O6/c1-23-5-13-29(14-6-23)37-31(33)25-9-17-27(18-10-25)35-21-3-4-22-36-28-19-11-26(12-20-28)32(34)38-30-15-7-24(2)8-16-30/h5-20H,3-4,21-22H2,1-2H3. The molecule has 4 rings (SSSR count). The van der Waals surface area contributed by atoms with Crippen LogP contribution in [0.4, 0.5) is 0 Å². The first kappa shape index (κ1) is 26.5. The van der Waals surface area contributed by atoms with Gasteiger partial charge in [-0.3, -0.25) is 0 Å². The SMILES string of the molecule is Cc1ccc(OC(=O)c2ccc(OCCCCOc3ccc(C(=O)Oc4ccc(C)cc4)cc3)cc2)cc1. The number of aryl methyl sites for hydroxylation is 2. The second kappa shape index (κ2) is 13.1. The number of hydrogen-bond donors (Lipinski definition) is 0. The fraction of sp³-hybridized carbons (Fsp3) is 0.188. The summed E-state index contributed by atoms with van der Waals surface area (Å²) in [5.41, 5.74) is 3.12. The van der Waals surface area contributed by atoms with Crippen molar-refractivity contribution in [3.8, 4) is 23.0 Å². The molecule has 0 aliphatic rings. The first-order valence-electron chi connectivity index (χ1n) is 12.5. The Kier molecular flexibility index (Phi) is 9.13. The minimum atomic E-state index is -0.409. The molecule has 0 amide bonds. The molecule has 194 valence electrons. The average Bonchev–Trinajstić information content (AvgIpc) is 2.94. The van der Waals surface area contributed by atoms with E-state index in [4.69, 9.17) is 18.9 Å². The van der Waals surface area contributed by atoms with Gasteiger partial charge >= 0.3 is 11.9 Å². The summed E-state index contributed by atoms with van der Waals surface area (Å²) in [6, 6.07) is 28.5. The first-order valence-corrected chi connectivity index (χ1v) is 12.5. The maximum Gasteiger partial charge on any atom is 0.343 e. The lowest BCUT2D eigenvalue weighted by Gasteiger charge is -2.09. The Labute approximate surface area is 222 Å². The van der Waals surface area contributed by atoms with Gasteiger partial charge in [0.1, 0.15) is 23.0 Å². The first-order chi connectivity index (χ1) is 18.5. The van der Waals surface area contributed by atoms with Gasteiger partial charge in [0.2, 0.25) is 0 Å². The number of carbonyl (C=O) groups is 2. The van der Waals surface area contributed by atoms with Crippen LogP contribution in [0.25, 0.3) is 0 Å². The second-order valence-electron chi connectivity index (χ2n) is 8.86. The Bertz CT molecular complexity index is 1220. The van der Waals surface area contributed by atoms with Crippen LogP contribution in [0.5, 0.6) is 23.0 Å². The fourth-order valence-corrected chi connectivity index (χ4v) is 3.50. The smallest absolute Gasteiger partial charge is 0.343 e. The van der Waals surface area contributed by atoms with Gasteiger partial charge in [-0.05, 0) is 99.5 Å². The van der Waals surface area contributed by atoms with Gasteiger partial charge in [0, 0.05) is 0 Å². The second-order valence-corrected chi connectivity index (χ2v) is 8.86. The molecule has 4 aromatic carbocycles. The molecule has 0 unspecified atom stereocenters. The molecule has 6 nitrogen and oxygen atoms in total. The van der Waals surface area contributed by atoms with E-state index in [-0.39, 0.29) is 0 Å². The molecule has 0 saturated carbocycles. The van der Waals surface area contributed by atoms with E-state index >= 15 is 0 Å². The van der Waals surface area contributed by atoms with Crippen LogP contribution >= 0.6 is 0 Å². The van der Waals surface area contributed by atoms with E-state index in [1.54, 1.807) is 72.8 Å². The van der Waals surface area contributed by atoms with Crippen LogP contribution in [0.15, 0.2) is 97.1 Å². The molecule has 6 heteroatoms. The number of unbranched alkanes of at least 4 members (excludes halogenated alkanes) is 1. The molecule has 0 saturated heterocycles. The fourth-order valence-electron chi connectivity index (χ4n) is 3.50. The molecule has 38 heavy (non-hydrogen) atoms. The van der Waals surface area contributed by atoms with E-state index in [9.17, 15) is 9.59 Å². The Morgan fingerprint density at radius 3 is 1.13 bits per heavy atom. The third-order valence-corrected chi connectivity index (χ3v) is 5.72. The number of carbonyl (C=O) groups excluding carboxylic acids is 2. The number of hydrogen-bond acceptors (Lipinski definition) is 6. The summed E-state index contributed by atoms with van der Waals surface area (Å²) in [6.07, 6.45) is 1.61. The topological polar surface area (TPSA) is 71.1 Å². The van der Waals surface area contributed by atoms with E-state index < -0.39 is 11.9 Å². The zero-order valence-corrected chi connectivity index (χ0v) is 21.5. The third-order valence-electron chi connectivity index (χ3n) is 5.72. The minimum Gasteiger partial charge on any atom is -0.494 e. The predicted octanol–water partition coefficient (Wildman–Crippen LogP) is 6.98. The monoisotopic (exact) mass is 510 g/mol. The van der Waals surface area contributed by atoms with Crippen LogP contribution in [0, 0.1) is 13.8 Å². The zero-order chi connectivity index (χ0) is 26.7. The van der Waals surface area contributed by atoms with E-state index in [0.717, 1.165) is 24.0 Å². The molecule has 0 radical (unpaired) electrons. The Morgan fingerprint density at radius 2 is 0.789 bits per heavy atom. The van der Waals surface area contributed by atoms with Crippen LogP contribution in [-0.2, 0) is 0 Å². The molecule has 0 N–H and O–H groups in total. The van der Waals surface area contributed by atoms with Crippen molar-refractivity contribution in [2.75, 3.05) is 13.2 Å². The molecule has 0 fully saturated rings. The average molecular weight is 511 g/mol. The van der Waals surface area contributed by atoms with Crippen molar-refractivity contribution < 1.29 is 28.5 Å². The number of benzene rings is 4. The summed E-state index contributed by atoms with van der Waals surface area (Å²) < 4.78 is 22.3. The maximum absolute atomic E-state index is 12.3. The molecule has 0 aliphatic carbocycles. The summed E-state index contributed by atoms with van der Waals surface area (Å²) in [5, 5.41) is 0. The number of ether oxygens (including phenoxy) is 4. The lowest BCUT2D eigenvalue weighted by molar-refractivity contribution is 0.0725. The van der Waals surface area contributed by atoms with Gasteiger partial charge in [-0.1, -0.05) is 35.4 Å². The van der Waals surface area contributed by atoms with Gasteiger partial charge in [-0.2, -0.15) is 0 Å². The molecule has 0 aromatic heterocycles. The van der Waals surface area contributed by atoms with E-state index in [0.29, 0.717) is 47.3 Å². The largest absolute Gasteiger partial charge is 0.494 e. The number of esters is 2. The molecule has 0 spiro atoms. The summed E-state index contributed by atoms with van der Waals surface area (Å²) in [5.74, 6) is 1.58. The van der Waals surface area contributed by atoms with E-state index in [1.807, 2.05) is 38.1 Å². The van der Waals surface area contributed by atoms with Crippen LogP contribution in [0.1, 0.15) is 44.7 Å². The van der Waals surface area contributed by atoms with E-state index in [2.05, 4.69) is 0 Å². The zero-order valence-electron chi connectivity index (χ0n) is 21.5.